The maximum absolute atomic E-state index is 11.9. The largest absolute Gasteiger partial charge is 0.350 e. The number of aromatic nitrogens is 4. The van der Waals surface area contributed by atoms with Crippen LogP contribution in [0.1, 0.15) is 19.8 Å². The van der Waals surface area contributed by atoms with E-state index in [9.17, 15) is 4.79 Å². The highest BCUT2D eigenvalue weighted by molar-refractivity contribution is 7.98. The van der Waals surface area contributed by atoms with E-state index in [0.717, 1.165) is 29.0 Å². The maximum atomic E-state index is 11.9. The molecule has 2 aromatic heterocycles. The molecule has 17 heavy (non-hydrogen) atoms. The number of imidazole rings is 1. The zero-order chi connectivity index (χ0) is 12.4. The number of thioether (sulfide) groups is 1. The topological polar surface area (TPSA) is 52.7 Å². The maximum Gasteiger partial charge on any atom is 0.350 e. The molecule has 0 fully saturated rings. The van der Waals surface area contributed by atoms with Gasteiger partial charge >= 0.3 is 5.69 Å². The van der Waals surface area contributed by atoms with Crippen LogP contribution in [0, 0.1) is 0 Å². The van der Waals surface area contributed by atoms with Crippen molar-refractivity contribution in [2.45, 2.75) is 31.3 Å². The van der Waals surface area contributed by atoms with Gasteiger partial charge in [-0.25, -0.2) is 9.78 Å². The Hall–Kier alpha value is -1.30. The van der Waals surface area contributed by atoms with E-state index >= 15 is 0 Å². The summed E-state index contributed by atoms with van der Waals surface area (Å²) in [6, 6.07) is 0. The molecular formula is C11H16N4OS. The van der Waals surface area contributed by atoms with Crippen LogP contribution in [-0.2, 0) is 13.6 Å². The van der Waals surface area contributed by atoms with Crippen molar-refractivity contribution in [1.82, 2.24) is 19.1 Å². The summed E-state index contributed by atoms with van der Waals surface area (Å²) in [6.45, 7) is 2.79. The van der Waals surface area contributed by atoms with Crippen LogP contribution in [0.2, 0.25) is 0 Å². The van der Waals surface area contributed by atoms with E-state index in [1.165, 1.54) is 11.8 Å². The van der Waals surface area contributed by atoms with Crippen LogP contribution in [0.4, 0.5) is 0 Å². The van der Waals surface area contributed by atoms with Crippen molar-refractivity contribution < 1.29 is 0 Å². The predicted octanol–water partition coefficient (Wildman–Crippen LogP) is 1.65. The lowest BCUT2D eigenvalue weighted by Gasteiger charge is -2.07. The molecule has 6 heteroatoms. The fourth-order valence-electron chi connectivity index (χ4n) is 1.81. The summed E-state index contributed by atoms with van der Waals surface area (Å²) in [5, 5.41) is 0.748. The summed E-state index contributed by atoms with van der Waals surface area (Å²) < 4.78 is 3.58. The third kappa shape index (κ3) is 2.09. The second kappa shape index (κ2) is 4.91. The van der Waals surface area contributed by atoms with Crippen LogP contribution < -0.4 is 5.69 Å². The number of aryl methyl sites for hydroxylation is 2. The standard InChI is InChI=1S/C11H16N4OS/c1-4-5-6-15-9-8(14(2)7-12-9)10(17-3)13-11(15)16/h7H,4-6H2,1-3H3. The number of hydrogen-bond donors (Lipinski definition) is 0. The number of hydrogen-bond acceptors (Lipinski definition) is 4. The van der Waals surface area contributed by atoms with Gasteiger partial charge in [-0.05, 0) is 12.7 Å². The number of unbranched alkanes of at least 4 members (excludes halogenated alkanes) is 1. The van der Waals surface area contributed by atoms with Crippen molar-refractivity contribution in [3.8, 4) is 0 Å². The molecule has 0 saturated heterocycles. The molecule has 5 nitrogen and oxygen atoms in total. The quantitative estimate of drug-likeness (QED) is 0.613. The fourth-order valence-corrected chi connectivity index (χ4v) is 2.41. The van der Waals surface area contributed by atoms with Crippen molar-refractivity contribution in [3.05, 3.63) is 16.8 Å². The molecule has 0 radical (unpaired) electrons. The highest BCUT2D eigenvalue weighted by atomic mass is 32.2. The van der Waals surface area contributed by atoms with E-state index in [4.69, 9.17) is 0 Å². The Kier molecular flexibility index (Phi) is 3.51. The zero-order valence-corrected chi connectivity index (χ0v) is 11.1. The highest BCUT2D eigenvalue weighted by Crippen LogP contribution is 2.21. The van der Waals surface area contributed by atoms with Gasteiger partial charge < -0.3 is 4.57 Å². The van der Waals surface area contributed by atoms with Crippen molar-refractivity contribution in [3.63, 3.8) is 0 Å². The molecule has 0 bridgehead atoms. The fraction of sp³-hybridized carbons (Fsp3) is 0.545. The summed E-state index contributed by atoms with van der Waals surface area (Å²) in [5.74, 6) is 0. The Morgan fingerprint density at radius 3 is 2.88 bits per heavy atom. The lowest BCUT2D eigenvalue weighted by molar-refractivity contribution is 0.610. The van der Waals surface area contributed by atoms with E-state index < -0.39 is 0 Å². The molecule has 0 spiro atoms. The second-order valence-corrected chi connectivity index (χ2v) is 4.73. The zero-order valence-electron chi connectivity index (χ0n) is 10.3. The minimum Gasteiger partial charge on any atom is -0.330 e. The molecular weight excluding hydrogens is 236 g/mol. The van der Waals surface area contributed by atoms with Crippen LogP contribution >= 0.6 is 11.8 Å². The molecule has 0 aromatic carbocycles. The number of fused-ring (bicyclic) bond motifs is 1. The van der Waals surface area contributed by atoms with Gasteiger partial charge in [0, 0.05) is 13.6 Å². The van der Waals surface area contributed by atoms with Crippen molar-refractivity contribution in [2.75, 3.05) is 6.26 Å². The van der Waals surface area contributed by atoms with E-state index in [-0.39, 0.29) is 5.69 Å². The molecule has 0 amide bonds. The minimum absolute atomic E-state index is 0.200. The molecule has 0 N–H and O–H groups in total. The number of rotatable bonds is 4. The van der Waals surface area contributed by atoms with Crippen LogP contribution in [0.25, 0.3) is 11.2 Å². The molecule has 2 heterocycles. The van der Waals surface area contributed by atoms with Gasteiger partial charge in [-0.3, -0.25) is 4.57 Å². The first-order valence-electron chi connectivity index (χ1n) is 5.65. The molecule has 2 aromatic rings. The van der Waals surface area contributed by atoms with Crippen molar-refractivity contribution >= 4 is 22.9 Å². The van der Waals surface area contributed by atoms with Crippen LogP contribution in [0.3, 0.4) is 0 Å². The van der Waals surface area contributed by atoms with Crippen LogP contribution in [0.15, 0.2) is 16.1 Å². The van der Waals surface area contributed by atoms with Gasteiger partial charge in [0.2, 0.25) is 0 Å². The molecule has 0 aliphatic carbocycles. The van der Waals surface area contributed by atoms with Crippen molar-refractivity contribution in [1.29, 1.82) is 0 Å². The number of nitrogens with zero attached hydrogens (tertiary/aromatic N) is 4. The molecule has 0 atom stereocenters. The lowest BCUT2D eigenvalue weighted by Crippen LogP contribution is -2.24. The van der Waals surface area contributed by atoms with Gasteiger partial charge in [0.05, 0.1) is 6.33 Å². The minimum atomic E-state index is -0.200. The molecule has 0 unspecified atom stereocenters. The Labute approximate surface area is 104 Å². The third-order valence-electron chi connectivity index (χ3n) is 2.73. The van der Waals surface area contributed by atoms with Gasteiger partial charge in [0.15, 0.2) is 5.65 Å². The van der Waals surface area contributed by atoms with E-state index in [0.29, 0.717) is 6.54 Å². The normalized spacial score (nSPS) is 11.2. The van der Waals surface area contributed by atoms with E-state index in [1.807, 2.05) is 17.9 Å². The SMILES string of the molecule is CCCCn1c(=O)nc(SC)c2c1ncn2C. The molecule has 2 rings (SSSR count). The summed E-state index contributed by atoms with van der Waals surface area (Å²) in [5.41, 5.74) is 1.48. The Morgan fingerprint density at radius 1 is 1.47 bits per heavy atom. The molecule has 0 aliphatic heterocycles. The molecule has 0 saturated carbocycles. The first kappa shape index (κ1) is 12.2. The van der Waals surface area contributed by atoms with Crippen LogP contribution in [-0.4, -0.2) is 25.4 Å². The molecule has 0 aliphatic rings. The second-order valence-electron chi connectivity index (χ2n) is 3.94. The van der Waals surface area contributed by atoms with Gasteiger partial charge in [0.1, 0.15) is 10.5 Å². The third-order valence-corrected chi connectivity index (χ3v) is 3.40. The van der Waals surface area contributed by atoms with Gasteiger partial charge in [-0.1, -0.05) is 13.3 Å². The Balaban J connectivity index is 2.68. The first-order chi connectivity index (χ1) is 8.19. The monoisotopic (exact) mass is 252 g/mol. The average Bonchev–Trinajstić information content (AvgIpc) is 2.70. The van der Waals surface area contributed by atoms with E-state index in [2.05, 4.69) is 16.9 Å². The van der Waals surface area contributed by atoms with Gasteiger partial charge in [0.25, 0.3) is 0 Å². The Morgan fingerprint density at radius 2 is 2.24 bits per heavy atom. The summed E-state index contributed by atoms with van der Waals surface area (Å²) in [7, 11) is 1.92. The smallest absolute Gasteiger partial charge is 0.330 e. The van der Waals surface area contributed by atoms with Crippen molar-refractivity contribution in [2.24, 2.45) is 7.05 Å². The van der Waals surface area contributed by atoms with Gasteiger partial charge in [-0.15, -0.1) is 11.8 Å². The summed E-state index contributed by atoms with van der Waals surface area (Å²) >= 11 is 1.48. The highest BCUT2D eigenvalue weighted by Gasteiger charge is 2.13. The van der Waals surface area contributed by atoms with E-state index in [1.54, 1.807) is 10.9 Å². The first-order valence-corrected chi connectivity index (χ1v) is 6.87. The van der Waals surface area contributed by atoms with Gasteiger partial charge in [-0.2, -0.15) is 4.98 Å². The predicted molar refractivity (Wildman–Crippen MR) is 69.5 cm³/mol. The molecule has 92 valence electrons. The average molecular weight is 252 g/mol. The van der Waals surface area contributed by atoms with Crippen LogP contribution in [0.5, 0.6) is 0 Å². The summed E-state index contributed by atoms with van der Waals surface area (Å²) in [4.78, 5) is 20.3. The lowest BCUT2D eigenvalue weighted by atomic mass is 10.3. The Bertz CT molecular complexity index is 587. The summed E-state index contributed by atoms with van der Waals surface area (Å²) in [6.07, 6.45) is 5.66.